The highest BCUT2D eigenvalue weighted by atomic mass is 16.3. The smallest absolute Gasteiger partial charge is 0.0587 e. The first kappa shape index (κ1) is 14.0. The first-order valence-corrected chi connectivity index (χ1v) is 6.93. The molecule has 0 aliphatic rings. The number of benzene rings is 2. The molecular weight excluding hydrogens is 234 g/mol. The largest absolute Gasteiger partial charge is 0.395 e. The van der Waals surface area contributed by atoms with Crippen molar-refractivity contribution in [1.82, 2.24) is 5.32 Å². The maximum absolute atomic E-state index is 9.31. The topological polar surface area (TPSA) is 32.3 Å². The summed E-state index contributed by atoms with van der Waals surface area (Å²) in [7, 11) is 0. The van der Waals surface area contributed by atoms with Crippen molar-refractivity contribution in [3.8, 4) is 0 Å². The molecule has 2 aromatic rings. The SMILES string of the molecule is Cc1ccc2cc(CNC(CO)C(C)C)ccc2c1. The fraction of sp³-hybridized carbons (Fsp3) is 0.412. The Labute approximate surface area is 115 Å². The highest BCUT2D eigenvalue weighted by Crippen LogP contribution is 2.18. The third kappa shape index (κ3) is 3.55. The van der Waals surface area contributed by atoms with E-state index in [4.69, 9.17) is 0 Å². The van der Waals surface area contributed by atoms with Crippen LogP contribution in [-0.2, 0) is 6.54 Å². The minimum atomic E-state index is 0.161. The molecule has 0 aromatic heterocycles. The number of aliphatic hydroxyl groups is 1. The van der Waals surface area contributed by atoms with Crippen LogP contribution in [-0.4, -0.2) is 17.8 Å². The van der Waals surface area contributed by atoms with Crippen LogP contribution in [0.25, 0.3) is 10.8 Å². The van der Waals surface area contributed by atoms with Gasteiger partial charge in [0.1, 0.15) is 0 Å². The van der Waals surface area contributed by atoms with Crippen LogP contribution in [0.4, 0.5) is 0 Å². The summed E-state index contributed by atoms with van der Waals surface area (Å²) < 4.78 is 0. The van der Waals surface area contributed by atoms with E-state index in [-0.39, 0.29) is 12.6 Å². The molecule has 1 atom stereocenters. The van der Waals surface area contributed by atoms with Crippen molar-refractivity contribution in [3.05, 3.63) is 47.5 Å². The number of rotatable bonds is 5. The van der Waals surface area contributed by atoms with Crippen LogP contribution in [0.15, 0.2) is 36.4 Å². The first-order valence-electron chi connectivity index (χ1n) is 6.93. The summed E-state index contributed by atoms with van der Waals surface area (Å²) in [6.07, 6.45) is 0. The van der Waals surface area contributed by atoms with Gasteiger partial charge in [0.2, 0.25) is 0 Å². The van der Waals surface area contributed by atoms with Crippen molar-refractivity contribution in [2.75, 3.05) is 6.61 Å². The lowest BCUT2D eigenvalue weighted by Crippen LogP contribution is -2.36. The maximum atomic E-state index is 9.31. The molecule has 2 aromatic carbocycles. The Morgan fingerprint density at radius 3 is 2.42 bits per heavy atom. The summed E-state index contributed by atoms with van der Waals surface area (Å²) in [5, 5.41) is 15.3. The van der Waals surface area contributed by atoms with E-state index in [1.807, 2.05) is 0 Å². The van der Waals surface area contributed by atoms with Crippen LogP contribution >= 0.6 is 0 Å². The van der Waals surface area contributed by atoms with Crippen molar-refractivity contribution < 1.29 is 5.11 Å². The molecule has 0 aliphatic carbocycles. The standard InChI is InChI=1S/C17H23NO/c1-12(2)17(11-19)18-10-14-5-7-15-8-13(3)4-6-16(15)9-14/h4-9,12,17-19H,10-11H2,1-3H3. The van der Waals surface area contributed by atoms with Crippen molar-refractivity contribution in [3.63, 3.8) is 0 Å². The first-order chi connectivity index (χ1) is 9.10. The lowest BCUT2D eigenvalue weighted by atomic mass is 10.0. The Balaban J connectivity index is 2.11. The van der Waals surface area contributed by atoms with Gasteiger partial charge in [-0.05, 0) is 35.2 Å². The molecule has 102 valence electrons. The molecule has 0 heterocycles. The normalized spacial score (nSPS) is 13.1. The molecule has 19 heavy (non-hydrogen) atoms. The van der Waals surface area contributed by atoms with E-state index in [2.05, 4.69) is 62.5 Å². The highest BCUT2D eigenvalue weighted by Gasteiger charge is 2.10. The number of aliphatic hydroxyl groups excluding tert-OH is 1. The van der Waals surface area contributed by atoms with E-state index in [0.717, 1.165) is 6.54 Å². The summed E-state index contributed by atoms with van der Waals surface area (Å²) in [6.45, 7) is 7.34. The molecule has 2 heteroatoms. The molecule has 1 unspecified atom stereocenters. The lowest BCUT2D eigenvalue weighted by Gasteiger charge is -2.20. The van der Waals surface area contributed by atoms with Crippen LogP contribution in [0.5, 0.6) is 0 Å². The molecule has 2 rings (SSSR count). The molecular formula is C17H23NO. The molecule has 0 amide bonds. The van der Waals surface area contributed by atoms with Crippen LogP contribution in [0.1, 0.15) is 25.0 Å². The van der Waals surface area contributed by atoms with Gasteiger partial charge < -0.3 is 10.4 Å². The molecule has 0 spiro atoms. The van der Waals surface area contributed by atoms with E-state index >= 15 is 0 Å². The number of aryl methyl sites for hydroxylation is 1. The second-order valence-electron chi connectivity index (χ2n) is 5.60. The van der Waals surface area contributed by atoms with E-state index in [1.54, 1.807) is 0 Å². The quantitative estimate of drug-likeness (QED) is 0.861. The maximum Gasteiger partial charge on any atom is 0.0587 e. The van der Waals surface area contributed by atoms with Crippen LogP contribution < -0.4 is 5.32 Å². The van der Waals surface area contributed by atoms with Gasteiger partial charge in [-0.25, -0.2) is 0 Å². The fourth-order valence-corrected chi connectivity index (χ4v) is 2.28. The average Bonchev–Trinajstić information content (AvgIpc) is 2.39. The van der Waals surface area contributed by atoms with E-state index in [9.17, 15) is 5.11 Å². The second-order valence-corrected chi connectivity index (χ2v) is 5.60. The third-order valence-corrected chi connectivity index (χ3v) is 3.63. The van der Waals surface area contributed by atoms with Crippen LogP contribution in [0.3, 0.4) is 0 Å². The Kier molecular flexibility index (Phi) is 4.56. The Bertz CT molecular complexity index is 548. The molecule has 2 nitrogen and oxygen atoms in total. The lowest BCUT2D eigenvalue weighted by molar-refractivity contribution is 0.210. The number of nitrogens with one attached hydrogen (secondary N) is 1. The van der Waals surface area contributed by atoms with Gasteiger partial charge in [0.05, 0.1) is 6.61 Å². The van der Waals surface area contributed by atoms with Gasteiger partial charge >= 0.3 is 0 Å². The monoisotopic (exact) mass is 257 g/mol. The van der Waals surface area contributed by atoms with Gasteiger partial charge in [0.25, 0.3) is 0 Å². The molecule has 0 fully saturated rings. The van der Waals surface area contributed by atoms with Crippen molar-refractivity contribution in [1.29, 1.82) is 0 Å². The average molecular weight is 257 g/mol. The summed E-state index contributed by atoms with van der Waals surface area (Å²) in [4.78, 5) is 0. The van der Waals surface area contributed by atoms with Gasteiger partial charge in [-0.1, -0.05) is 49.7 Å². The summed E-state index contributed by atoms with van der Waals surface area (Å²) in [6, 6.07) is 13.2. The molecule has 0 saturated carbocycles. The van der Waals surface area contributed by atoms with Crippen molar-refractivity contribution in [2.45, 2.75) is 33.4 Å². The van der Waals surface area contributed by atoms with Gasteiger partial charge in [0.15, 0.2) is 0 Å². The van der Waals surface area contributed by atoms with Crippen LogP contribution in [0.2, 0.25) is 0 Å². The van der Waals surface area contributed by atoms with Gasteiger partial charge in [0, 0.05) is 12.6 Å². The van der Waals surface area contributed by atoms with Gasteiger partial charge in [-0.3, -0.25) is 0 Å². The molecule has 0 aliphatic heterocycles. The Hall–Kier alpha value is -1.38. The minimum Gasteiger partial charge on any atom is -0.395 e. The van der Waals surface area contributed by atoms with E-state index < -0.39 is 0 Å². The molecule has 0 bridgehead atoms. The van der Waals surface area contributed by atoms with Gasteiger partial charge in [-0.15, -0.1) is 0 Å². The summed E-state index contributed by atoms with van der Waals surface area (Å²) in [5.74, 6) is 0.438. The number of hydrogen-bond donors (Lipinski definition) is 2. The zero-order chi connectivity index (χ0) is 13.8. The zero-order valence-corrected chi connectivity index (χ0v) is 12.0. The summed E-state index contributed by atoms with van der Waals surface area (Å²) in [5.41, 5.74) is 2.55. The molecule has 0 radical (unpaired) electrons. The summed E-state index contributed by atoms with van der Waals surface area (Å²) >= 11 is 0. The Morgan fingerprint density at radius 1 is 1.05 bits per heavy atom. The molecule has 2 N–H and O–H groups in total. The number of fused-ring (bicyclic) bond motifs is 1. The zero-order valence-electron chi connectivity index (χ0n) is 12.0. The molecule has 0 saturated heterocycles. The minimum absolute atomic E-state index is 0.161. The number of hydrogen-bond acceptors (Lipinski definition) is 2. The predicted octanol–water partition coefficient (Wildman–Crippen LogP) is 3.25. The fourth-order valence-electron chi connectivity index (χ4n) is 2.28. The Morgan fingerprint density at radius 2 is 1.74 bits per heavy atom. The van der Waals surface area contributed by atoms with Crippen molar-refractivity contribution in [2.24, 2.45) is 5.92 Å². The van der Waals surface area contributed by atoms with Crippen LogP contribution in [0, 0.1) is 12.8 Å². The van der Waals surface area contributed by atoms with E-state index in [1.165, 1.54) is 21.9 Å². The van der Waals surface area contributed by atoms with Gasteiger partial charge in [-0.2, -0.15) is 0 Å². The third-order valence-electron chi connectivity index (χ3n) is 3.63. The predicted molar refractivity (Wildman–Crippen MR) is 81.2 cm³/mol. The van der Waals surface area contributed by atoms with E-state index in [0.29, 0.717) is 5.92 Å². The second kappa shape index (κ2) is 6.18. The van der Waals surface area contributed by atoms with Crippen molar-refractivity contribution >= 4 is 10.8 Å². The highest BCUT2D eigenvalue weighted by molar-refractivity contribution is 5.83.